The van der Waals surface area contributed by atoms with Gasteiger partial charge in [-0.25, -0.2) is 14.4 Å². The van der Waals surface area contributed by atoms with Crippen molar-refractivity contribution in [3.63, 3.8) is 0 Å². The average molecular weight is 671 g/mol. The Labute approximate surface area is 276 Å². The van der Waals surface area contributed by atoms with Crippen molar-refractivity contribution in [2.75, 3.05) is 13.2 Å². The maximum atomic E-state index is 13.3. The van der Waals surface area contributed by atoms with E-state index >= 15 is 0 Å². The predicted molar refractivity (Wildman–Crippen MR) is 182 cm³/mol. The molecule has 0 aromatic heterocycles. The maximum absolute atomic E-state index is 13.3. The zero-order valence-electron chi connectivity index (χ0n) is 28.1. The van der Waals surface area contributed by atoms with Gasteiger partial charge in [0.2, 0.25) is 0 Å². The molecule has 2 aliphatic rings. The lowest BCUT2D eigenvalue weighted by atomic mass is 9.70. The summed E-state index contributed by atoms with van der Waals surface area (Å²) in [6.45, 7) is 18.4. The van der Waals surface area contributed by atoms with Crippen LogP contribution in [0, 0.1) is 0 Å². The highest BCUT2D eigenvalue weighted by Gasteiger charge is 2.53. The van der Waals surface area contributed by atoms with Crippen LogP contribution in [-0.4, -0.2) is 83.0 Å². The monoisotopic (exact) mass is 670 g/mol. The number of ether oxygens (including phenoxy) is 2. The number of amidine groups is 1. The maximum Gasteiger partial charge on any atom is 0.416 e. The lowest BCUT2D eigenvalue weighted by Gasteiger charge is -2.46. The predicted octanol–water partition coefficient (Wildman–Crippen LogP) is 7.43. The number of carboxylic acid groups (broad SMARTS) is 2. The first kappa shape index (κ1) is 35.7. The van der Waals surface area contributed by atoms with E-state index in [1.165, 1.54) is 16.7 Å². The topological polar surface area (TPSA) is 135 Å². The number of aliphatic imine (C=N–C) groups is 1. The Balaban J connectivity index is 1.92. The summed E-state index contributed by atoms with van der Waals surface area (Å²) in [7, 11) is -2.29. The van der Waals surface area contributed by atoms with E-state index in [1.54, 1.807) is 69.3 Å². The lowest BCUT2D eigenvalue weighted by molar-refractivity contribution is -0.0610. The van der Waals surface area contributed by atoms with E-state index in [9.17, 15) is 24.6 Å². The summed E-state index contributed by atoms with van der Waals surface area (Å²) in [4.78, 5) is 44.9. The van der Waals surface area contributed by atoms with Crippen LogP contribution in [-0.2, 0) is 13.9 Å². The van der Waals surface area contributed by atoms with E-state index in [2.05, 4.69) is 33.9 Å². The fourth-order valence-electron chi connectivity index (χ4n) is 5.63. The van der Waals surface area contributed by atoms with Crippen molar-refractivity contribution >= 4 is 43.3 Å². The minimum Gasteiger partial charge on any atom is -0.478 e. The molecule has 0 aliphatic carbocycles. The van der Waals surface area contributed by atoms with E-state index in [4.69, 9.17) is 18.9 Å². The van der Waals surface area contributed by atoms with Crippen LogP contribution in [0.4, 0.5) is 4.79 Å². The number of rotatable bonds is 8. The summed E-state index contributed by atoms with van der Waals surface area (Å²) in [6.07, 6.45) is -1.20. The van der Waals surface area contributed by atoms with Gasteiger partial charge in [-0.15, -0.1) is 0 Å². The first-order chi connectivity index (χ1) is 21.4. The van der Waals surface area contributed by atoms with Crippen molar-refractivity contribution in [1.82, 2.24) is 4.90 Å². The zero-order chi connectivity index (χ0) is 34.2. The molecule has 2 aliphatic heterocycles. The second-order valence-corrected chi connectivity index (χ2v) is 20.1. The van der Waals surface area contributed by atoms with Gasteiger partial charge in [-0.1, -0.05) is 68.9 Å². The summed E-state index contributed by atoms with van der Waals surface area (Å²) in [5.41, 5.74) is -0.0955. The summed E-state index contributed by atoms with van der Waals surface area (Å²) < 4.78 is 19.2. The van der Waals surface area contributed by atoms with Crippen LogP contribution < -0.4 is 0 Å². The van der Waals surface area contributed by atoms with Gasteiger partial charge in [-0.2, -0.15) is 0 Å². The average Bonchev–Trinajstić information content (AvgIpc) is 3.37. The second-order valence-electron chi connectivity index (χ2n) is 14.2. The number of amides is 1. The van der Waals surface area contributed by atoms with E-state index in [1.807, 2.05) is 6.92 Å². The van der Waals surface area contributed by atoms with Crippen molar-refractivity contribution in [1.29, 1.82) is 0 Å². The summed E-state index contributed by atoms with van der Waals surface area (Å²) in [5, 5.41) is 20.9. The Kier molecular flexibility index (Phi) is 10.5. The molecule has 2 heterocycles. The molecule has 250 valence electrons. The summed E-state index contributed by atoms with van der Waals surface area (Å²) in [6, 6.07) is 12.9. The second kappa shape index (κ2) is 13.5. The van der Waals surface area contributed by atoms with Crippen molar-refractivity contribution in [2.24, 2.45) is 4.99 Å². The highest BCUT2D eigenvalue weighted by molar-refractivity contribution is 8.14. The van der Waals surface area contributed by atoms with Crippen LogP contribution in [0.5, 0.6) is 0 Å². The van der Waals surface area contributed by atoms with Crippen LogP contribution in [0.1, 0.15) is 92.1 Å². The van der Waals surface area contributed by atoms with Gasteiger partial charge < -0.3 is 24.1 Å². The molecule has 46 heavy (non-hydrogen) atoms. The number of aromatic carboxylic acids is 2. The molecule has 1 saturated heterocycles. The zero-order valence-corrected chi connectivity index (χ0v) is 29.9. The lowest BCUT2D eigenvalue weighted by Crippen LogP contribution is -2.50. The molecule has 4 rings (SSSR count). The number of carbonyl (C=O) groups is 3. The molecule has 0 bridgehead atoms. The Morgan fingerprint density at radius 3 is 1.91 bits per heavy atom. The number of fused-ring (bicyclic) bond motifs is 1. The highest BCUT2D eigenvalue weighted by atomic mass is 32.2. The summed E-state index contributed by atoms with van der Waals surface area (Å²) >= 11 is 1.29. The molecular formula is C34H46N2O8SSi. The number of benzene rings is 2. The largest absolute Gasteiger partial charge is 0.478 e. The number of carboxylic acids is 2. The normalized spacial score (nSPS) is 23.3. The van der Waals surface area contributed by atoms with E-state index < -0.39 is 61.4 Å². The molecule has 10 nitrogen and oxygen atoms in total. The molecule has 2 aromatic carbocycles. The molecule has 12 heteroatoms. The van der Waals surface area contributed by atoms with Crippen LogP contribution >= 0.6 is 11.8 Å². The van der Waals surface area contributed by atoms with Crippen LogP contribution in [0.3, 0.4) is 0 Å². The first-order valence-electron chi connectivity index (χ1n) is 15.5. The number of hydrogen-bond acceptors (Lipinski definition) is 8. The molecular weight excluding hydrogens is 625 g/mol. The fraction of sp³-hybridized carbons (Fsp3) is 0.529. The van der Waals surface area contributed by atoms with Crippen molar-refractivity contribution in [3.8, 4) is 0 Å². The number of nitrogens with zero attached hydrogens (tertiary/aromatic N) is 2. The van der Waals surface area contributed by atoms with E-state index in [-0.39, 0.29) is 22.8 Å². The highest BCUT2D eigenvalue weighted by Crippen LogP contribution is 2.53. The van der Waals surface area contributed by atoms with E-state index in [0.717, 1.165) is 0 Å². The Morgan fingerprint density at radius 2 is 1.43 bits per heavy atom. The number of hydrogen-bond donors (Lipinski definition) is 2. The minimum absolute atomic E-state index is 0.0958. The van der Waals surface area contributed by atoms with Crippen molar-refractivity contribution < 1.29 is 38.5 Å². The Hall–Kier alpha value is -3.19. The van der Waals surface area contributed by atoms with Gasteiger partial charge in [0.15, 0.2) is 13.5 Å². The Bertz CT molecular complexity index is 1500. The standard InChI is InChI=1S/C34H46N2O8SSi/c1-10-36(32(41)44-33(2,3)4)31-35-27-26(21-16-12-14-18-23(21)29(39)40)25(20-15-11-13-17-22(20)28(37)38)24(43-30(27)45-31)19-42-46(8,9)34(5,6)7/h11-18,24-27,30H,10,19H2,1-9H3,(H,37,38)(H,39,40)/t24-,25-,26-,27+,30+/m0/s1. The first-order valence-corrected chi connectivity index (χ1v) is 19.3. The van der Waals surface area contributed by atoms with Gasteiger partial charge >= 0.3 is 18.0 Å². The van der Waals surface area contributed by atoms with Crippen LogP contribution in [0.15, 0.2) is 53.5 Å². The van der Waals surface area contributed by atoms with Gasteiger partial charge in [-0.05, 0) is 69.1 Å². The quantitative estimate of drug-likeness (QED) is 0.275. The van der Waals surface area contributed by atoms with Gasteiger partial charge in [0.05, 0.1) is 29.9 Å². The smallest absolute Gasteiger partial charge is 0.416 e. The van der Waals surface area contributed by atoms with Gasteiger partial charge in [0.1, 0.15) is 11.0 Å². The molecule has 2 aromatic rings. The van der Waals surface area contributed by atoms with Crippen LogP contribution in [0.25, 0.3) is 0 Å². The molecule has 0 unspecified atom stereocenters. The van der Waals surface area contributed by atoms with Crippen molar-refractivity contribution in [2.45, 2.75) is 102 Å². The molecule has 1 amide bonds. The SMILES string of the molecule is CCN(C(=O)OC(C)(C)C)C1=N[C@@H]2[C@@H](c3ccccc3C(=O)O)[C@@H](c3ccccc3C(=O)O)[C@H](CO[Si](C)(C)C(C)(C)C)O[C@@H]2S1. The van der Waals surface area contributed by atoms with Crippen molar-refractivity contribution in [3.05, 3.63) is 70.8 Å². The van der Waals surface area contributed by atoms with E-state index in [0.29, 0.717) is 22.8 Å². The van der Waals surface area contributed by atoms with Gasteiger partial charge in [0, 0.05) is 18.4 Å². The molecule has 0 saturated carbocycles. The third kappa shape index (κ3) is 7.51. The van der Waals surface area contributed by atoms with Gasteiger partial charge in [0.25, 0.3) is 0 Å². The Morgan fingerprint density at radius 1 is 0.913 bits per heavy atom. The molecule has 0 radical (unpaired) electrons. The molecule has 2 N–H and O–H groups in total. The number of thioether (sulfide) groups is 1. The third-order valence-corrected chi connectivity index (χ3v) is 14.6. The van der Waals surface area contributed by atoms with Crippen LogP contribution in [0.2, 0.25) is 18.1 Å². The summed E-state index contributed by atoms with van der Waals surface area (Å²) in [5.74, 6) is -3.46. The molecule has 0 spiro atoms. The third-order valence-electron chi connectivity index (χ3n) is 8.90. The fourth-order valence-corrected chi connectivity index (χ4v) is 7.93. The number of carbonyl (C=O) groups excluding carboxylic acids is 1. The van der Waals surface area contributed by atoms with Gasteiger partial charge in [-0.3, -0.25) is 9.89 Å². The molecule has 5 atom stereocenters. The minimum atomic E-state index is -2.29. The molecule has 1 fully saturated rings.